The van der Waals surface area contributed by atoms with Crippen LogP contribution in [0, 0.1) is 10.1 Å². The molecule has 0 aliphatic rings. The summed E-state index contributed by atoms with van der Waals surface area (Å²) in [6, 6.07) is 4.33. The number of aromatic nitrogens is 3. The van der Waals surface area contributed by atoms with Crippen LogP contribution in [0.1, 0.15) is 6.92 Å². The Labute approximate surface area is 134 Å². The Bertz CT molecular complexity index is 937. The summed E-state index contributed by atoms with van der Waals surface area (Å²) in [6.45, 7) is 1.88. The van der Waals surface area contributed by atoms with E-state index in [9.17, 15) is 14.9 Å². The number of nitro groups is 1. The first-order valence-electron chi connectivity index (χ1n) is 6.75. The molecule has 3 rings (SSSR count). The SMILES string of the molecule is CCOC(=O)Cn1c2ccc([N+](=O)[O-])cc2c2ncnc(Cl)c21. The fourth-order valence-electron chi connectivity index (χ4n) is 2.48. The van der Waals surface area contributed by atoms with Gasteiger partial charge in [0.2, 0.25) is 0 Å². The van der Waals surface area contributed by atoms with Gasteiger partial charge in [0.25, 0.3) is 5.69 Å². The van der Waals surface area contributed by atoms with Gasteiger partial charge in [-0.2, -0.15) is 0 Å². The lowest BCUT2D eigenvalue weighted by Gasteiger charge is -2.07. The van der Waals surface area contributed by atoms with Gasteiger partial charge < -0.3 is 9.30 Å². The van der Waals surface area contributed by atoms with E-state index in [1.54, 1.807) is 17.6 Å². The minimum Gasteiger partial charge on any atom is -0.465 e. The fraction of sp³-hybridized carbons (Fsp3) is 0.214. The van der Waals surface area contributed by atoms with Crippen molar-refractivity contribution in [2.24, 2.45) is 0 Å². The Hall–Kier alpha value is -2.74. The monoisotopic (exact) mass is 334 g/mol. The number of benzene rings is 1. The number of carbonyl (C=O) groups excluding carboxylic acids is 1. The molecule has 0 amide bonds. The van der Waals surface area contributed by atoms with Gasteiger partial charge in [0, 0.05) is 17.5 Å². The van der Waals surface area contributed by atoms with Crippen LogP contribution in [0.4, 0.5) is 5.69 Å². The lowest BCUT2D eigenvalue weighted by molar-refractivity contribution is -0.384. The van der Waals surface area contributed by atoms with Gasteiger partial charge in [-0.15, -0.1) is 0 Å². The number of carbonyl (C=O) groups is 1. The molecule has 0 N–H and O–H groups in total. The van der Waals surface area contributed by atoms with Crippen LogP contribution in [0.15, 0.2) is 24.5 Å². The zero-order valence-corrected chi connectivity index (χ0v) is 12.8. The van der Waals surface area contributed by atoms with E-state index in [0.717, 1.165) is 0 Å². The molecule has 3 aromatic rings. The molecule has 2 heterocycles. The zero-order chi connectivity index (χ0) is 16.6. The maximum atomic E-state index is 11.8. The molecule has 0 radical (unpaired) electrons. The highest BCUT2D eigenvalue weighted by Gasteiger charge is 2.20. The summed E-state index contributed by atoms with van der Waals surface area (Å²) < 4.78 is 6.57. The molecule has 9 heteroatoms. The zero-order valence-electron chi connectivity index (χ0n) is 12.0. The van der Waals surface area contributed by atoms with Crippen LogP contribution in [0.5, 0.6) is 0 Å². The van der Waals surface area contributed by atoms with Crippen LogP contribution in [-0.4, -0.2) is 32.0 Å². The summed E-state index contributed by atoms with van der Waals surface area (Å²) in [5.41, 5.74) is 1.43. The van der Waals surface area contributed by atoms with Crippen molar-refractivity contribution in [2.75, 3.05) is 6.61 Å². The van der Waals surface area contributed by atoms with Crippen molar-refractivity contribution < 1.29 is 14.5 Å². The Morgan fingerprint density at radius 2 is 2.22 bits per heavy atom. The van der Waals surface area contributed by atoms with Crippen LogP contribution in [0.3, 0.4) is 0 Å². The second kappa shape index (κ2) is 5.81. The quantitative estimate of drug-likeness (QED) is 0.315. The van der Waals surface area contributed by atoms with Gasteiger partial charge in [-0.25, -0.2) is 9.97 Å². The predicted molar refractivity (Wildman–Crippen MR) is 83.3 cm³/mol. The molecule has 0 fully saturated rings. The molecule has 0 aliphatic carbocycles. The number of esters is 1. The van der Waals surface area contributed by atoms with E-state index in [0.29, 0.717) is 21.9 Å². The van der Waals surface area contributed by atoms with Gasteiger partial charge >= 0.3 is 5.97 Å². The number of nitro benzene ring substituents is 1. The largest absolute Gasteiger partial charge is 0.465 e. The third-order valence-corrected chi connectivity index (χ3v) is 3.65. The van der Waals surface area contributed by atoms with E-state index in [2.05, 4.69) is 9.97 Å². The summed E-state index contributed by atoms with van der Waals surface area (Å²) in [4.78, 5) is 30.4. The second-order valence-electron chi connectivity index (χ2n) is 4.71. The first kappa shape index (κ1) is 15.2. The minimum atomic E-state index is -0.489. The number of ether oxygens (including phenoxy) is 1. The first-order chi connectivity index (χ1) is 11.0. The number of non-ortho nitro benzene ring substituents is 1. The first-order valence-corrected chi connectivity index (χ1v) is 7.13. The van der Waals surface area contributed by atoms with Gasteiger partial charge in [-0.1, -0.05) is 11.6 Å². The highest BCUT2D eigenvalue weighted by Crippen LogP contribution is 2.33. The Morgan fingerprint density at radius 1 is 1.43 bits per heavy atom. The average Bonchev–Trinajstić information content (AvgIpc) is 2.82. The molecule has 0 saturated heterocycles. The smallest absolute Gasteiger partial charge is 0.325 e. The van der Waals surface area contributed by atoms with E-state index in [-0.39, 0.29) is 24.0 Å². The van der Waals surface area contributed by atoms with Crippen molar-refractivity contribution in [3.05, 3.63) is 39.8 Å². The van der Waals surface area contributed by atoms with Crippen LogP contribution in [0.25, 0.3) is 21.9 Å². The van der Waals surface area contributed by atoms with Gasteiger partial charge in [-0.3, -0.25) is 14.9 Å². The van der Waals surface area contributed by atoms with Gasteiger partial charge in [0.15, 0.2) is 5.15 Å². The number of halogens is 1. The molecular formula is C14H11ClN4O4. The number of hydrogen-bond donors (Lipinski definition) is 0. The number of rotatable bonds is 4. The predicted octanol–water partition coefficient (Wildman–Crippen LogP) is 2.71. The molecule has 1 aromatic carbocycles. The van der Waals surface area contributed by atoms with Gasteiger partial charge in [-0.05, 0) is 13.0 Å². The van der Waals surface area contributed by atoms with Gasteiger partial charge in [0.1, 0.15) is 23.9 Å². The van der Waals surface area contributed by atoms with Crippen molar-refractivity contribution >= 4 is 45.2 Å². The average molecular weight is 335 g/mol. The van der Waals surface area contributed by atoms with E-state index < -0.39 is 10.9 Å². The molecule has 0 bridgehead atoms. The van der Waals surface area contributed by atoms with Crippen molar-refractivity contribution in [3.63, 3.8) is 0 Å². The van der Waals surface area contributed by atoms with Crippen LogP contribution in [-0.2, 0) is 16.1 Å². The number of hydrogen-bond acceptors (Lipinski definition) is 6. The van der Waals surface area contributed by atoms with Crippen molar-refractivity contribution in [1.82, 2.24) is 14.5 Å². The van der Waals surface area contributed by atoms with Crippen LogP contribution in [0.2, 0.25) is 5.15 Å². The normalized spacial score (nSPS) is 11.0. The van der Waals surface area contributed by atoms with Crippen molar-refractivity contribution in [1.29, 1.82) is 0 Å². The van der Waals surface area contributed by atoms with Crippen LogP contribution >= 0.6 is 11.6 Å². The number of fused-ring (bicyclic) bond motifs is 3. The standard InChI is InChI=1S/C14H11ClN4O4/c1-2-23-11(20)6-18-10-4-3-8(19(21)22)5-9(10)12-13(18)14(15)17-7-16-12/h3-5,7H,2,6H2,1H3. The highest BCUT2D eigenvalue weighted by molar-refractivity contribution is 6.34. The van der Waals surface area contributed by atoms with Crippen molar-refractivity contribution in [3.8, 4) is 0 Å². The summed E-state index contributed by atoms with van der Waals surface area (Å²) in [5, 5.41) is 11.7. The summed E-state index contributed by atoms with van der Waals surface area (Å²) in [6.07, 6.45) is 1.28. The summed E-state index contributed by atoms with van der Waals surface area (Å²) >= 11 is 6.14. The summed E-state index contributed by atoms with van der Waals surface area (Å²) in [7, 11) is 0. The lowest BCUT2D eigenvalue weighted by atomic mass is 10.2. The van der Waals surface area contributed by atoms with E-state index in [1.807, 2.05) is 0 Å². The number of nitrogens with zero attached hydrogens (tertiary/aromatic N) is 4. The molecular weight excluding hydrogens is 324 g/mol. The maximum absolute atomic E-state index is 11.8. The molecule has 0 saturated carbocycles. The second-order valence-corrected chi connectivity index (χ2v) is 5.07. The Morgan fingerprint density at radius 3 is 2.91 bits per heavy atom. The lowest BCUT2D eigenvalue weighted by Crippen LogP contribution is -2.13. The fourth-order valence-corrected chi connectivity index (χ4v) is 2.71. The highest BCUT2D eigenvalue weighted by atomic mass is 35.5. The molecule has 118 valence electrons. The molecule has 8 nitrogen and oxygen atoms in total. The van der Waals surface area contributed by atoms with Crippen LogP contribution < -0.4 is 0 Å². The Kier molecular flexibility index (Phi) is 3.83. The molecule has 0 atom stereocenters. The molecule has 23 heavy (non-hydrogen) atoms. The molecule has 2 aromatic heterocycles. The van der Waals surface area contributed by atoms with Crippen molar-refractivity contribution in [2.45, 2.75) is 13.5 Å². The molecule has 0 unspecified atom stereocenters. The third-order valence-electron chi connectivity index (χ3n) is 3.38. The molecule has 0 spiro atoms. The maximum Gasteiger partial charge on any atom is 0.325 e. The van der Waals surface area contributed by atoms with E-state index >= 15 is 0 Å². The van der Waals surface area contributed by atoms with Gasteiger partial charge in [0.05, 0.1) is 17.0 Å². The molecule has 0 aliphatic heterocycles. The van der Waals surface area contributed by atoms with E-state index in [1.165, 1.54) is 18.5 Å². The van der Waals surface area contributed by atoms with E-state index in [4.69, 9.17) is 16.3 Å². The third kappa shape index (κ3) is 2.57. The topological polar surface area (TPSA) is 100 Å². The Balaban J connectivity index is 2.31. The summed E-state index contributed by atoms with van der Waals surface area (Å²) in [5.74, 6) is -0.440. The minimum absolute atomic E-state index is 0.0672.